The third-order valence-electron chi connectivity index (χ3n) is 4.14. The summed E-state index contributed by atoms with van der Waals surface area (Å²) in [4.78, 5) is 13.2. The van der Waals surface area contributed by atoms with E-state index in [0.717, 1.165) is 16.9 Å². The number of amides is 1. The van der Waals surface area contributed by atoms with Crippen molar-refractivity contribution in [3.05, 3.63) is 62.4 Å². The topological polar surface area (TPSA) is 93.2 Å². The van der Waals surface area contributed by atoms with Crippen molar-refractivity contribution in [2.75, 3.05) is 6.61 Å². The van der Waals surface area contributed by atoms with E-state index in [-0.39, 0.29) is 12.5 Å². The smallest absolute Gasteiger partial charge is 0.261 e. The fourth-order valence-corrected chi connectivity index (χ4v) is 4.22. The number of nitrogens with zero attached hydrogens (tertiary/aromatic N) is 2. The number of nitrogens with two attached hydrogens (primary N) is 1. The SMILES string of the molecule is Cn1ncc(Cl)c1-c1cc(C(=O)N[C@@H](c2ccccc2)C(N)CO)sc1Cl. The molecule has 3 rings (SSSR count). The second-order valence-electron chi connectivity index (χ2n) is 5.97. The maximum Gasteiger partial charge on any atom is 0.261 e. The number of aliphatic hydroxyl groups excluding tert-OH is 1. The van der Waals surface area contributed by atoms with Crippen LogP contribution in [0.2, 0.25) is 9.36 Å². The molecule has 9 heteroatoms. The molecular formula is C18H18Cl2N4O2S. The van der Waals surface area contributed by atoms with Gasteiger partial charge in [-0.05, 0) is 11.6 Å². The number of nitrogens with one attached hydrogen (secondary N) is 1. The normalized spacial score (nSPS) is 13.4. The van der Waals surface area contributed by atoms with E-state index in [2.05, 4.69) is 10.4 Å². The van der Waals surface area contributed by atoms with Crippen LogP contribution in [0.3, 0.4) is 0 Å². The van der Waals surface area contributed by atoms with Crippen LogP contribution < -0.4 is 11.1 Å². The van der Waals surface area contributed by atoms with Crippen LogP contribution in [0, 0.1) is 0 Å². The minimum absolute atomic E-state index is 0.263. The molecule has 0 bridgehead atoms. The molecule has 4 N–H and O–H groups in total. The summed E-state index contributed by atoms with van der Waals surface area (Å²) in [6, 6.07) is 9.77. The standard InChI is InChI=1S/C18H18Cl2N4O2S/c1-24-16(12(19)8-22-24)11-7-14(27-17(11)20)18(26)23-15(13(21)9-25)10-5-3-2-4-6-10/h2-8,13,15,25H,9,21H2,1H3,(H,23,26)/t13?,15-/m0/s1. The van der Waals surface area contributed by atoms with Gasteiger partial charge in [-0.25, -0.2) is 0 Å². The highest BCUT2D eigenvalue weighted by Gasteiger charge is 2.24. The fraction of sp³-hybridized carbons (Fsp3) is 0.222. The maximum absolute atomic E-state index is 12.8. The van der Waals surface area contributed by atoms with Crippen LogP contribution in [-0.4, -0.2) is 33.4 Å². The summed E-state index contributed by atoms with van der Waals surface area (Å²) in [6.07, 6.45) is 1.52. The Morgan fingerprint density at radius 1 is 1.37 bits per heavy atom. The zero-order valence-electron chi connectivity index (χ0n) is 14.4. The van der Waals surface area contributed by atoms with E-state index in [1.807, 2.05) is 30.3 Å². The minimum Gasteiger partial charge on any atom is -0.395 e. The van der Waals surface area contributed by atoms with Gasteiger partial charge in [0.1, 0.15) is 4.34 Å². The van der Waals surface area contributed by atoms with Crippen molar-refractivity contribution in [1.29, 1.82) is 0 Å². The number of benzene rings is 1. The number of aromatic nitrogens is 2. The molecule has 0 aliphatic carbocycles. The summed E-state index contributed by atoms with van der Waals surface area (Å²) < 4.78 is 2.04. The van der Waals surface area contributed by atoms with Crippen molar-refractivity contribution in [3.8, 4) is 11.3 Å². The molecule has 27 heavy (non-hydrogen) atoms. The van der Waals surface area contributed by atoms with Crippen LogP contribution in [0.4, 0.5) is 0 Å². The van der Waals surface area contributed by atoms with E-state index in [1.54, 1.807) is 17.8 Å². The lowest BCUT2D eigenvalue weighted by Crippen LogP contribution is -2.42. The Hall–Kier alpha value is -1.90. The number of hydrogen-bond acceptors (Lipinski definition) is 5. The Morgan fingerprint density at radius 3 is 2.67 bits per heavy atom. The van der Waals surface area contributed by atoms with Crippen LogP contribution in [0.25, 0.3) is 11.3 Å². The highest BCUT2D eigenvalue weighted by molar-refractivity contribution is 7.18. The van der Waals surface area contributed by atoms with Crippen molar-refractivity contribution < 1.29 is 9.90 Å². The Balaban J connectivity index is 1.88. The molecule has 142 valence electrons. The van der Waals surface area contributed by atoms with E-state index < -0.39 is 12.1 Å². The van der Waals surface area contributed by atoms with Gasteiger partial charge in [0, 0.05) is 12.6 Å². The van der Waals surface area contributed by atoms with Crippen molar-refractivity contribution in [1.82, 2.24) is 15.1 Å². The summed E-state index contributed by atoms with van der Waals surface area (Å²) in [5.74, 6) is -0.329. The van der Waals surface area contributed by atoms with Gasteiger partial charge in [0.25, 0.3) is 5.91 Å². The molecule has 0 saturated carbocycles. The lowest BCUT2D eigenvalue weighted by molar-refractivity contribution is 0.0927. The summed E-state index contributed by atoms with van der Waals surface area (Å²) in [5, 5.41) is 16.9. The van der Waals surface area contributed by atoms with Crippen molar-refractivity contribution in [2.24, 2.45) is 12.8 Å². The summed E-state index contributed by atoms with van der Waals surface area (Å²) >= 11 is 13.7. The number of halogens is 2. The molecule has 2 heterocycles. The molecule has 0 saturated heterocycles. The van der Waals surface area contributed by atoms with E-state index in [9.17, 15) is 9.90 Å². The van der Waals surface area contributed by atoms with Gasteiger partial charge in [-0.3, -0.25) is 9.48 Å². The Kier molecular flexibility index (Phi) is 6.18. The second-order valence-corrected chi connectivity index (χ2v) is 8.03. The van der Waals surface area contributed by atoms with E-state index in [4.69, 9.17) is 28.9 Å². The molecule has 0 aliphatic heterocycles. The minimum atomic E-state index is -0.641. The Morgan fingerprint density at radius 2 is 2.07 bits per heavy atom. The first-order valence-corrected chi connectivity index (χ1v) is 9.69. The first kappa shape index (κ1) is 19.9. The number of aryl methyl sites for hydroxylation is 1. The summed E-state index contributed by atoms with van der Waals surface area (Å²) in [7, 11) is 1.75. The monoisotopic (exact) mass is 424 g/mol. The van der Waals surface area contributed by atoms with Gasteiger partial charge < -0.3 is 16.2 Å². The largest absolute Gasteiger partial charge is 0.395 e. The maximum atomic E-state index is 12.8. The molecule has 3 aromatic rings. The fourth-order valence-electron chi connectivity index (χ4n) is 2.77. The Bertz CT molecular complexity index is 923. The average molecular weight is 425 g/mol. The molecule has 0 spiro atoms. The van der Waals surface area contributed by atoms with Crippen molar-refractivity contribution in [3.63, 3.8) is 0 Å². The third kappa shape index (κ3) is 4.17. The number of thiophene rings is 1. The predicted octanol–water partition coefficient (Wildman–Crippen LogP) is 3.25. The summed E-state index contributed by atoms with van der Waals surface area (Å²) in [5.41, 5.74) is 8.10. The van der Waals surface area contributed by atoms with Crippen LogP contribution in [0.15, 0.2) is 42.6 Å². The number of rotatable bonds is 6. The lowest BCUT2D eigenvalue weighted by atomic mass is 10.0. The first-order chi connectivity index (χ1) is 12.9. The van der Waals surface area contributed by atoms with Crippen LogP contribution in [-0.2, 0) is 7.05 Å². The predicted molar refractivity (Wildman–Crippen MR) is 108 cm³/mol. The van der Waals surface area contributed by atoms with E-state index >= 15 is 0 Å². The molecule has 1 aromatic carbocycles. The van der Waals surface area contributed by atoms with E-state index in [0.29, 0.717) is 25.5 Å². The van der Waals surface area contributed by atoms with Crippen molar-refractivity contribution >= 4 is 40.4 Å². The lowest BCUT2D eigenvalue weighted by Gasteiger charge is -2.23. The number of hydrogen-bond donors (Lipinski definition) is 3. The number of carbonyl (C=O) groups excluding carboxylic acids is 1. The third-order valence-corrected chi connectivity index (χ3v) is 5.78. The quantitative estimate of drug-likeness (QED) is 0.565. The first-order valence-electron chi connectivity index (χ1n) is 8.11. The molecule has 0 radical (unpaired) electrons. The zero-order valence-corrected chi connectivity index (χ0v) is 16.7. The highest BCUT2D eigenvalue weighted by Crippen LogP contribution is 2.38. The molecule has 2 aromatic heterocycles. The molecule has 0 aliphatic rings. The second kappa shape index (κ2) is 8.41. The van der Waals surface area contributed by atoms with Crippen LogP contribution >= 0.6 is 34.5 Å². The van der Waals surface area contributed by atoms with E-state index in [1.165, 1.54) is 6.20 Å². The summed E-state index contributed by atoms with van der Waals surface area (Å²) in [6.45, 7) is -0.263. The van der Waals surface area contributed by atoms with Gasteiger partial charge in [-0.15, -0.1) is 11.3 Å². The zero-order chi connectivity index (χ0) is 19.6. The van der Waals surface area contributed by atoms with Gasteiger partial charge in [0.15, 0.2) is 0 Å². The number of aliphatic hydroxyl groups is 1. The van der Waals surface area contributed by atoms with Gasteiger partial charge in [0.2, 0.25) is 0 Å². The van der Waals surface area contributed by atoms with Crippen molar-refractivity contribution in [2.45, 2.75) is 12.1 Å². The van der Waals surface area contributed by atoms with Crippen LogP contribution in [0.1, 0.15) is 21.3 Å². The molecule has 1 unspecified atom stereocenters. The van der Waals surface area contributed by atoms with Gasteiger partial charge in [-0.1, -0.05) is 53.5 Å². The molecular weight excluding hydrogens is 407 g/mol. The highest BCUT2D eigenvalue weighted by atomic mass is 35.5. The Labute approximate surface area is 170 Å². The van der Waals surface area contributed by atoms with Gasteiger partial charge in [-0.2, -0.15) is 5.10 Å². The van der Waals surface area contributed by atoms with Crippen LogP contribution in [0.5, 0.6) is 0 Å². The average Bonchev–Trinajstić information content (AvgIpc) is 3.21. The van der Waals surface area contributed by atoms with Gasteiger partial charge >= 0.3 is 0 Å². The molecule has 0 fully saturated rings. The molecule has 1 amide bonds. The number of carbonyl (C=O) groups is 1. The van der Waals surface area contributed by atoms with Gasteiger partial charge in [0.05, 0.1) is 40.5 Å². The molecule has 6 nitrogen and oxygen atoms in total. The molecule has 2 atom stereocenters.